The molecule has 0 saturated carbocycles. The Morgan fingerprint density at radius 2 is 1.97 bits per heavy atom. The second kappa shape index (κ2) is 9.19. The quantitative estimate of drug-likeness (QED) is 0.482. The van der Waals surface area contributed by atoms with E-state index >= 15 is 0 Å². The highest BCUT2D eigenvalue weighted by Crippen LogP contribution is 2.30. The predicted molar refractivity (Wildman–Crippen MR) is 122 cm³/mol. The molecule has 31 heavy (non-hydrogen) atoms. The molecule has 1 fully saturated rings. The van der Waals surface area contributed by atoms with E-state index in [2.05, 4.69) is 36.6 Å². The van der Waals surface area contributed by atoms with Gasteiger partial charge in [0.1, 0.15) is 10.7 Å². The number of rotatable bonds is 6. The summed E-state index contributed by atoms with van der Waals surface area (Å²) >= 11 is 3.22. The lowest BCUT2D eigenvalue weighted by atomic mass is 10.1. The van der Waals surface area contributed by atoms with Crippen molar-refractivity contribution in [3.63, 3.8) is 0 Å². The van der Waals surface area contributed by atoms with Crippen molar-refractivity contribution in [2.75, 3.05) is 32.8 Å². The number of thiazole rings is 1. The first-order valence-corrected chi connectivity index (χ1v) is 11.8. The fourth-order valence-corrected chi connectivity index (χ4v) is 5.51. The average molecular weight is 452 g/mol. The fourth-order valence-electron chi connectivity index (χ4n) is 3.69. The number of aromatic nitrogens is 3. The van der Waals surface area contributed by atoms with Gasteiger partial charge in [-0.25, -0.2) is 15.0 Å². The van der Waals surface area contributed by atoms with Gasteiger partial charge in [0.2, 0.25) is 0 Å². The number of hydrogen-bond acceptors (Lipinski definition) is 8. The number of nitrogens with one attached hydrogen (secondary N) is 1. The SMILES string of the molecule is O=C(NCC(c1cccs1)N1CCOCC1)c1nccnc1-c1nc2ccccc2s1. The van der Waals surface area contributed by atoms with Crippen LogP contribution in [0.25, 0.3) is 20.9 Å². The summed E-state index contributed by atoms with van der Waals surface area (Å²) in [7, 11) is 0. The second-order valence-corrected chi connectivity index (χ2v) is 9.14. The molecule has 4 heterocycles. The number of morpholine rings is 1. The summed E-state index contributed by atoms with van der Waals surface area (Å²) in [6.45, 7) is 3.61. The van der Waals surface area contributed by atoms with Crippen LogP contribution in [0.1, 0.15) is 21.4 Å². The van der Waals surface area contributed by atoms with Crippen LogP contribution in [0.5, 0.6) is 0 Å². The van der Waals surface area contributed by atoms with Crippen molar-refractivity contribution in [3.8, 4) is 10.7 Å². The van der Waals surface area contributed by atoms with Gasteiger partial charge in [-0.05, 0) is 23.6 Å². The smallest absolute Gasteiger partial charge is 0.272 e. The van der Waals surface area contributed by atoms with Crippen molar-refractivity contribution >= 4 is 38.8 Å². The molecule has 7 nitrogen and oxygen atoms in total. The van der Waals surface area contributed by atoms with Gasteiger partial charge in [0.15, 0.2) is 5.69 Å². The zero-order valence-electron chi connectivity index (χ0n) is 16.7. The van der Waals surface area contributed by atoms with Crippen molar-refractivity contribution in [1.29, 1.82) is 0 Å². The van der Waals surface area contributed by atoms with Crippen LogP contribution in [0, 0.1) is 0 Å². The van der Waals surface area contributed by atoms with E-state index in [4.69, 9.17) is 4.74 Å². The number of hydrogen-bond donors (Lipinski definition) is 1. The van der Waals surface area contributed by atoms with E-state index < -0.39 is 0 Å². The highest BCUT2D eigenvalue weighted by molar-refractivity contribution is 7.21. The number of fused-ring (bicyclic) bond motifs is 1. The number of nitrogens with zero attached hydrogens (tertiary/aromatic N) is 4. The van der Waals surface area contributed by atoms with Crippen LogP contribution in [-0.2, 0) is 4.74 Å². The Morgan fingerprint density at radius 3 is 2.77 bits per heavy atom. The minimum absolute atomic E-state index is 0.107. The third kappa shape index (κ3) is 4.35. The monoisotopic (exact) mass is 451 g/mol. The molecule has 1 aliphatic rings. The maximum Gasteiger partial charge on any atom is 0.272 e. The lowest BCUT2D eigenvalue weighted by Gasteiger charge is -2.34. The van der Waals surface area contributed by atoms with E-state index in [1.807, 2.05) is 30.3 Å². The molecule has 1 saturated heterocycles. The Labute approximate surface area is 187 Å². The normalized spacial score (nSPS) is 15.7. The van der Waals surface area contributed by atoms with Crippen molar-refractivity contribution < 1.29 is 9.53 Å². The highest BCUT2D eigenvalue weighted by Gasteiger charge is 2.25. The van der Waals surface area contributed by atoms with Gasteiger partial charge in [0.25, 0.3) is 5.91 Å². The molecule has 9 heteroatoms. The van der Waals surface area contributed by atoms with Crippen molar-refractivity contribution in [3.05, 3.63) is 64.7 Å². The zero-order valence-corrected chi connectivity index (χ0v) is 18.4. The number of carbonyl (C=O) groups excluding carboxylic acids is 1. The van der Waals surface area contributed by atoms with Gasteiger partial charge in [-0.15, -0.1) is 22.7 Å². The van der Waals surface area contributed by atoms with Crippen molar-refractivity contribution in [2.24, 2.45) is 0 Å². The topological polar surface area (TPSA) is 80.2 Å². The molecule has 0 bridgehead atoms. The first-order chi connectivity index (χ1) is 15.3. The number of benzene rings is 1. The standard InChI is InChI=1S/C22H21N5O2S2/c28-21(25-14-16(18-6-3-13-30-18)27-9-11-29-12-10-27)19-20(24-8-7-23-19)22-26-15-4-1-2-5-17(15)31-22/h1-8,13,16H,9-12,14H2,(H,25,28). The van der Waals surface area contributed by atoms with Crippen LogP contribution in [0.4, 0.5) is 0 Å². The summed E-state index contributed by atoms with van der Waals surface area (Å²) in [6, 6.07) is 12.2. The van der Waals surface area contributed by atoms with Gasteiger partial charge < -0.3 is 10.1 Å². The molecule has 158 valence electrons. The Kier molecular flexibility index (Phi) is 5.99. The van der Waals surface area contributed by atoms with E-state index in [9.17, 15) is 4.79 Å². The summed E-state index contributed by atoms with van der Waals surface area (Å²) in [5.74, 6) is -0.239. The summed E-state index contributed by atoms with van der Waals surface area (Å²) in [4.78, 5) is 30.1. The largest absolute Gasteiger partial charge is 0.379 e. The van der Waals surface area contributed by atoms with Crippen LogP contribution in [-0.4, -0.2) is 58.6 Å². The second-order valence-electron chi connectivity index (χ2n) is 7.13. The van der Waals surface area contributed by atoms with Crippen LogP contribution < -0.4 is 5.32 Å². The molecule has 0 aliphatic carbocycles. The number of amides is 1. The minimum atomic E-state index is -0.239. The van der Waals surface area contributed by atoms with Crippen LogP contribution >= 0.6 is 22.7 Å². The molecule has 3 aromatic heterocycles. The maximum atomic E-state index is 13.1. The zero-order chi connectivity index (χ0) is 21.0. The molecule has 1 unspecified atom stereocenters. The third-order valence-electron chi connectivity index (χ3n) is 5.22. The van der Waals surface area contributed by atoms with E-state index in [1.54, 1.807) is 23.7 Å². The van der Waals surface area contributed by atoms with Gasteiger partial charge in [-0.2, -0.15) is 0 Å². The first kappa shape index (κ1) is 20.2. The van der Waals surface area contributed by atoms with Crippen molar-refractivity contribution in [2.45, 2.75) is 6.04 Å². The number of thiophene rings is 1. The molecular formula is C22H21N5O2S2. The Morgan fingerprint density at radius 1 is 1.13 bits per heavy atom. The molecule has 0 radical (unpaired) electrons. The molecular weight excluding hydrogens is 430 g/mol. The molecule has 1 aromatic carbocycles. The van der Waals surface area contributed by atoms with Crippen LogP contribution in [0.2, 0.25) is 0 Å². The Bertz CT molecular complexity index is 1140. The molecule has 1 amide bonds. The number of ether oxygens (including phenoxy) is 1. The van der Waals surface area contributed by atoms with Gasteiger partial charge in [-0.3, -0.25) is 9.69 Å². The molecule has 1 N–H and O–H groups in total. The van der Waals surface area contributed by atoms with E-state index in [0.717, 1.165) is 23.3 Å². The minimum Gasteiger partial charge on any atom is -0.379 e. The Balaban J connectivity index is 1.38. The average Bonchev–Trinajstić information content (AvgIpc) is 3.50. The molecule has 5 rings (SSSR count). The van der Waals surface area contributed by atoms with Gasteiger partial charge >= 0.3 is 0 Å². The van der Waals surface area contributed by atoms with Crippen molar-refractivity contribution in [1.82, 2.24) is 25.2 Å². The van der Waals surface area contributed by atoms with E-state index in [-0.39, 0.29) is 11.9 Å². The van der Waals surface area contributed by atoms with Gasteiger partial charge in [0, 0.05) is 36.9 Å². The summed E-state index contributed by atoms with van der Waals surface area (Å²) < 4.78 is 6.56. The summed E-state index contributed by atoms with van der Waals surface area (Å²) in [5, 5.41) is 5.85. The lowest BCUT2D eigenvalue weighted by Crippen LogP contribution is -2.43. The number of carbonyl (C=O) groups is 1. The number of para-hydroxylation sites is 1. The van der Waals surface area contributed by atoms with E-state index in [1.165, 1.54) is 16.2 Å². The third-order valence-corrected chi connectivity index (χ3v) is 7.24. The molecule has 0 spiro atoms. The van der Waals surface area contributed by atoms with Gasteiger partial charge in [0.05, 0.1) is 29.5 Å². The molecule has 1 aliphatic heterocycles. The predicted octanol–water partition coefficient (Wildman–Crippen LogP) is 3.62. The Hall–Kier alpha value is -2.72. The van der Waals surface area contributed by atoms with E-state index in [0.29, 0.717) is 36.2 Å². The molecule has 4 aromatic rings. The molecule has 1 atom stereocenters. The lowest BCUT2D eigenvalue weighted by molar-refractivity contribution is 0.0169. The van der Waals surface area contributed by atoms with Crippen LogP contribution in [0.3, 0.4) is 0 Å². The summed E-state index contributed by atoms with van der Waals surface area (Å²) in [5.41, 5.74) is 1.71. The van der Waals surface area contributed by atoms with Crippen LogP contribution in [0.15, 0.2) is 54.2 Å². The first-order valence-electron chi connectivity index (χ1n) is 10.1. The highest BCUT2D eigenvalue weighted by atomic mass is 32.1. The summed E-state index contributed by atoms with van der Waals surface area (Å²) in [6.07, 6.45) is 3.14. The van der Waals surface area contributed by atoms with Gasteiger partial charge in [-0.1, -0.05) is 18.2 Å². The fraction of sp³-hybridized carbons (Fsp3) is 0.273. The maximum absolute atomic E-state index is 13.1.